The number of hydrogen-bond acceptors (Lipinski definition) is 5. The fourth-order valence-corrected chi connectivity index (χ4v) is 3.36. The normalized spacial score (nSPS) is 16.3. The van der Waals surface area contributed by atoms with Crippen molar-refractivity contribution in [3.05, 3.63) is 66.4 Å². The van der Waals surface area contributed by atoms with E-state index in [9.17, 15) is 0 Å². The van der Waals surface area contributed by atoms with Crippen LogP contribution in [0, 0.1) is 6.57 Å². The van der Waals surface area contributed by atoms with Gasteiger partial charge in [0.25, 0.3) is 0 Å². The molecule has 1 aromatic carbocycles. The van der Waals surface area contributed by atoms with Gasteiger partial charge in [0, 0.05) is 24.6 Å². The monoisotopic (exact) mass is 371 g/mol. The van der Waals surface area contributed by atoms with Crippen molar-refractivity contribution in [3.63, 3.8) is 0 Å². The third-order valence-corrected chi connectivity index (χ3v) is 4.81. The predicted octanol–water partition coefficient (Wildman–Crippen LogP) is 3.85. The van der Waals surface area contributed by atoms with Crippen LogP contribution in [-0.4, -0.2) is 37.6 Å². The van der Waals surface area contributed by atoms with E-state index in [1.807, 2.05) is 53.5 Å². The molecule has 1 atom stereocenters. The first-order valence-electron chi connectivity index (χ1n) is 9.02. The molecule has 0 amide bonds. The highest BCUT2D eigenvalue weighted by atomic mass is 16.5. The lowest BCUT2D eigenvalue weighted by molar-refractivity contribution is 0.184. The second-order valence-corrected chi connectivity index (χ2v) is 6.64. The Bertz CT molecular complexity index is 1160. The molecule has 1 aliphatic heterocycles. The van der Waals surface area contributed by atoms with Gasteiger partial charge in [-0.05, 0) is 24.1 Å². The maximum atomic E-state index is 7.09. The second-order valence-electron chi connectivity index (χ2n) is 6.64. The Hall–Kier alpha value is -3.70. The molecule has 1 N–H and O–H groups in total. The van der Waals surface area contributed by atoms with E-state index in [1.165, 1.54) is 0 Å². The summed E-state index contributed by atoms with van der Waals surface area (Å²) in [5, 5.41) is 12.2. The number of nitrogens with zero attached hydrogens (tertiary/aromatic N) is 6. The lowest BCUT2D eigenvalue weighted by Gasteiger charge is -2.06. The van der Waals surface area contributed by atoms with E-state index in [0.29, 0.717) is 18.2 Å². The van der Waals surface area contributed by atoms with Crippen molar-refractivity contribution in [1.82, 2.24) is 24.4 Å². The molecule has 4 aromatic rings. The molecule has 28 heavy (non-hydrogen) atoms. The fraction of sp³-hybridized carbons (Fsp3) is 0.200. The van der Waals surface area contributed by atoms with Crippen molar-refractivity contribution in [3.8, 4) is 11.1 Å². The van der Waals surface area contributed by atoms with Crippen molar-refractivity contribution in [1.29, 1.82) is 0 Å². The van der Waals surface area contributed by atoms with Gasteiger partial charge in [0.15, 0.2) is 11.3 Å². The Morgan fingerprint density at radius 1 is 1.21 bits per heavy atom. The SMILES string of the molecule is [C-]#[N+]c1ccc(-c2cccn3nc(Nc4cnn(C5CCOC5)c4)nc23)cc1. The standard InChI is InChI=1S/C20H17N7O/c1-21-15-6-4-14(5-7-15)18-3-2-9-26-19(18)24-20(25-26)23-16-11-22-27(12-16)17-8-10-28-13-17/h2-7,9,11-12,17H,8,10,13H2,(H,23,25). The largest absolute Gasteiger partial charge is 0.379 e. The molecule has 4 heterocycles. The quantitative estimate of drug-likeness (QED) is 0.552. The van der Waals surface area contributed by atoms with Crippen molar-refractivity contribution in [2.45, 2.75) is 12.5 Å². The lowest BCUT2D eigenvalue weighted by Crippen LogP contribution is -2.08. The van der Waals surface area contributed by atoms with Gasteiger partial charge < -0.3 is 10.1 Å². The lowest BCUT2D eigenvalue weighted by atomic mass is 10.1. The molecule has 1 saturated heterocycles. The summed E-state index contributed by atoms with van der Waals surface area (Å²) in [6.45, 7) is 8.57. The number of aromatic nitrogens is 5. The summed E-state index contributed by atoms with van der Waals surface area (Å²) in [6, 6.07) is 11.7. The molecule has 1 aliphatic rings. The number of fused-ring (bicyclic) bond motifs is 1. The van der Waals surface area contributed by atoms with Gasteiger partial charge in [-0.1, -0.05) is 24.3 Å². The van der Waals surface area contributed by atoms with Crippen molar-refractivity contribution >= 4 is 23.0 Å². The first-order valence-corrected chi connectivity index (χ1v) is 9.02. The topological polar surface area (TPSA) is 73.6 Å². The van der Waals surface area contributed by atoms with Crippen molar-refractivity contribution in [2.75, 3.05) is 18.5 Å². The molecule has 138 valence electrons. The molecule has 1 unspecified atom stereocenters. The Morgan fingerprint density at radius 2 is 2.11 bits per heavy atom. The van der Waals surface area contributed by atoms with E-state index >= 15 is 0 Å². The zero-order chi connectivity index (χ0) is 18.9. The molecular formula is C20H17N7O. The van der Waals surface area contributed by atoms with Gasteiger partial charge in [-0.25, -0.2) is 9.36 Å². The Kier molecular flexibility index (Phi) is 4.00. The molecule has 5 rings (SSSR count). The minimum Gasteiger partial charge on any atom is -0.379 e. The second kappa shape index (κ2) is 6.79. The summed E-state index contributed by atoms with van der Waals surface area (Å²) >= 11 is 0. The average molecular weight is 371 g/mol. The van der Waals surface area contributed by atoms with Crippen LogP contribution in [0.3, 0.4) is 0 Å². The molecular weight excluding hydrogens is 354 g/mol. The highest BCUT2D eigenvalue weighted by Gasteiger charge is 2.18. The summed E-state index contributed by atoms with van der Waals surface area (Å²) in [4.78, 5) is 8.09. The van der Waals surface area contributed by atoms with Gasteiger partial charge in [0.2, 0.25) is 5.95 Å². The average Bonchev–Trinajstić information content (AvgIpc) is 3.48. The van der Waals surface area contributed by atoms with Crippen LogP contribution in [0.5, 0.6) is 0 Å². The molecule has 3 aromatic heterocycles. The molecule has 0 radical (unpaired) electrons. The zero-order valence-corrected chi connectivity index (χ0v) is 15.0. The van der Waals surface area contributed by atoms with E-state index < -0.39 is 0 Å². The molecule has 0 spiro atoms. The summed E-state index contributed by atoms with van der Waals surface area (Å²) in [7, 11) is 0. The van der Waals surface area contributed by atoms with Gasteiger partial charge in [-0.2, -0.15) is 10.1 Å². The van der Waals surface area contributed by atoms with Crippen LogP contribution >= 0.6 is 0 Å². The van der Waals surface area contributed by atoms with E-state index in [2.05, 4.69) is 25.3 Å². The number of rotatable bonds is 4. The first-order chi connectivity index (χ1) is 13.8. The van der Waals surface area contributed by atoms with E-state index in [4.69, 9.17) is 11.3 Å². The fourth-order valence-electron chi connectivity index (χ4n) is 3.36. The van der Waals surface area contributed by atoms with Gasteiger partial charge >= 0.3 is 0 Å². The number of nitrogens with one attached hydrogen (secondary N) is 1. The zero-order valence-electron chi connectivity index (χ0n) is 15.0. The smallest absolute Gasteiger partial charge is 0.247 e. The van der Waals surface area contributed by atoms with Gasteiger partial charge in [0.1, 0.15) is 0 Å². The molecule has 1 fully saturated rings. The highest BCUT2D eigenvalue weighted by molar-refractivity contribution is 5.79. The summed E-state index contributed by atoms with van der Waals surface area (Å²) in [5.41, 5.74) is 4.15. The minimum absolute atomic E-state index is 0.287. The van der Waals surface area contributed by atoms with Crippen LogP contribution in [0.25, 0.3) is 21.6 Å². The summed E-state index contributed by atoms with van der Waals surface area (Å²) < 4.78 is 9.09. The number of pyridine rings is 1. The number of ether oxygens (including phenoxy) is 1. The Labute approximate surface area is 161 Å². The minimum atomic E-state index is 0.287. The van der Waals surface area contributed by atoms with Crippen LogP contribution in [0.2, 0.25) is 0 Å². The number of benzene rings is 1. The maximum absolute atomic E-state index is 7.09. The van der Waals surface area contributed by atoms with Crippen LogP contribution in [0.15, 0.2) is 55.0 Å². The third kappa shape index (κ3) is 2.98. The summed E-state index contributed by atoms with van der Waals surface area (Å²) in [6.07, 6.45) is 6.57. The predicted molar refractivity (Wildman–Crippen MR) is 105 cm³/mol. The number of hydrogen-bond donors (Lipinski definition) is 1. The molecule has 8 nitrogen and oxygen atoms in total. The van der Waals surface area contributed by atoms with Crippen LogP contribution in [0.4, 0.5) is 17.3 Å². The van der Waals surface area contributed by atoms with Crippen molar-refractivity contribution < 1.29 is 4.74 Å². The van der Waals surface area contributed by atoms with Crippen LogP contribution in [-0.2, 0) is 4.74 Å². The molecule has 0 bridgehead atoms. The van der Waals surface area contributed by atoms with E-state index in [-0.39, 0.29) is 6.04 Å². The van der Waals surface area contributed by atoms with Crippen LogP contribution in [0.1, 0.15) is 12.5 Å². The first kappa shape index (κ1) is 16.5. The Morgan fingerprint density at radius 3 is 2.89 bits per heavy atom. The van der Waals surface area contributed by atoms with Gasteiger partial charge in [0.05, 0.1) is 31.1 Å². The van der Waals surface area contributed by atoms with Gasteiger partial charge in [-0.15, -0.1) is 5.10 Å². The Balaban J connectivity index is 1.44. The van der Waals surface area contributed by atoms with Gasteiger partial charge in [-0.3, -0.25) is 4.68 Å². The van der Waals surface area contributed by atoms with Crippen LogP contribution < -0.4 is 5.32 Å². The van der Waals surface area contributed by atoms with Crippen molar-refractivity contribution in [2.24, 2.45) is 0 Å². The molecule has 0 saturated carbocycles. The summed E-state index contributed by atoms with van der Waals surface area (Å²) in [5.74, 6) is 0.507. The molecule has 0 aliphatic carbocycles. The van der Waals surface area contributed by atoms with E-state index in [1.54, 1.807) is 10.7 Å². The molecule has 8 heteroatoms. The maximum Gasteiger partial charge on any atom is 0.247 e. The number of anilines is 2. The van der Waals surface area contributed by atoms with E-state index in [0.717, 1.165) is 35.5 Å². The highest BCUT2D eigenvalue weighted by Crippen LogP contribution is 2.27. The third-order valence-electron chi connectivity index (χ3n) is 4.81.